The van der Waals surface area contributed by atoms with Crippen LogP contribution in [0.2, 0.25) is 5.02 Å². The number of hydrogen-bond donors (Lipinski definition) is 1. The molecule has 2 N–H and O–H groups in total. The van der Waals surface area contributed by atoms with E-state index in [0.717, 1.165) is 17.7 Å². The maximum Gasteiger partial charge on any atom is 0.125 e. The second kappa shape index (κ2) is 6.55. The summed E-state index contributed by atoms with van der Waals surface area (Å²) in [6, 6.07) is 5.67. The van der Waals surface area contributed by atoms with Gasteiger partial charge in [0.2, 0.25) is 0 Å². The zero-order valence-corrected chi connectivity index (χ0v) is 13.2. The third-order valence-electron chi connectivity index (χ3n) is 4.81. The molecular formula is C17H24ClNO2. The van der Waals surface area contributed by atoms with Crippen LogP contribution in [0.15, 0.2) is 18.2 Å². The average molecular weight is 310 g/mol. The largest absolute Gasteiger partial charge is 0.490 e. The summed E-state index contributed by atoms with van der Waals surface area (Å²) in [5, 5.41) is 0.672. The molecule has 2 fully saturated rings. The van der Waals surface area contributed by atoms with E-state index in [9.17, 15) is 0 Å². The molecule has 1 aliphatic carbocycles. The van der Waals surface area contributed by atoms with E-state index < -0.39 is 0 Å². The fourth-order valence-corrected chi connectivity index (χ4v) is 3.87. The molecule has 0 radical (unpaired) electrons. The molecule has 3 nitrogen and oxygen atoms in total. The van der Waals surface area contributed by atoms with Gasteiger partial charge in [0.25, 0.3) is 0 Å². The Labute approximate surface area is 131 Å². The summed E-state index contributed by atoms with van der Waals surface area (Å²) in [4.78, 5) is 0. The van der Waals surface area contributed by atoms with Crippen molar-refractivity contribution in [2.45, 2.75) is 63.2 Å². The van der Waals surface area contributed by atoms with Crippen molar-refractivity contribution in [3.8, 4) is 5.75 Å². The highest BCUT2D eigenvalue weighted by molar-refractivity contribution is 6.31. The molecule has 0 aromatic heterocycles. The highest BCUT2D eigenvalue weighted by atomic mass is 35.5. The highest BCUT2D eigenvalue weighted by Gasteiger charge is 2.40. The second-order valence-electron chi connectivity index (χ2n) is 6.25. The standard InChI is InChI=1S/C17H24ClNO2/c18-15-5-4-6-16(14(15)11-19)20-12-13-7-10-17(21-13)8-2-1-3-9-17/h4-6,13H,1-3,7-12,19H2. The van der Waals surface area contributed by atoms with Crippen LogP contribution < -0.4 is 10.5 Å². The van der Waals surface area contributed by atoms with E-state index >= 15 is 0 Å². The normalized spacial score (nSPS) is 24.4. The molecule has 1 aromatic rings. The molecule has 2 aliphatic rings. The van der Waals surface area contributed by atoms with Crippen LogP contribution in [0, 0.1) is 0 Å². The molecular weight excluding hydrogens is 286 g/mol. The summed E-state index contributed by atoms with van der Waals surface area (Å²) in [6.45, 7) is 0.986. The molecule has 4 heteroatoms. The summed E-state index contributed by atoms with van der Waals surface area (Å²) >= 11 is 6.15. The van der Waals surface area contributed by atoms with Crippen molar-refractivity contribution in [1.29, 1.82) is 0 Å². The van der Waals surface area contributed by atoms with Crippen LogP contribution in [0.25, 0.3) is 0 Å². The molecule has 1 unspecified atom stereocenters. The van der Waals surface area contributed by atoms with Gasteiger partial charge in [-0.15, -0.1) is 0 Å². The summed E-state index contributed by atoms with van der Waals surface area (Å²) in [5.41, 5.74) is 6.78. The first-order valence-corrected chi connectivity index (χ1v) is 8.38. The van der Waals surface area contributed by atoms with Crippen molar-refractivity contribution in [2.75, 3.05) is 6.61 Å². The summed E-state index contributed by atoms with van der Waals surface area (Å²) in [7, 11) is 0. The smallest absolute Gasteiger partial charge is 0.125 e. The summed E-state index contributed by atoms with van der Waals surface area (Å²) in [5.74, 6) is 0.790. The first-order valence-electron chi connectivity index (χ1n) is 8.00. The minimum absolute atomic E-state index is 0.150. The lowest BCUT2D eigenvalue weighted by Gasteiger charge is -2.33. The van der Waals surface area contributed by atoms with E-state index in [1.54, 1.807) is 0 Å². The van der Waals surface area contributed by atoms with Crippen LogP contribution in [0.4, 0.5) is 0 Å². The van der Waals surface area contributed by atoms with E-state index in [1.807, 2.05) is 18.2 Å². The Kier molecular flexibility index (Phi) is 4.72. The Morgan fingerprint density at radius 1 is 1.24 bits per heavy atom. The predicted octanol–water partition coefficient (Wildman–Crippen LogP) is 4.06. The molecule has 0 amide bonds. The lowest BCUT2D eigenvalue weighted by molar-refractivity contribution is -0.0749. The first kappa shape index (κ1) is 15.1. The fraction of sp³-hybridized carbons (Fsp3) is 0.647. The molecule has 1 spiro atoms. The molecule has 1 atom stereocenters. The van der Waals surface area contributed by atoms with Crippen LogP contribution in [-0.4, -0.2) is 18.3 Å². The summed E-state index contributed by atoms with van der Waals surface area (Å²) < 4.78 is 12.3. The van der Waals surface area contributed by atoms with Crippen molar-refractivity contribution >= 4 is 11.6 Å². The van der Waals surface area contributed by atoms with Gasteiger partial charge in [-0.05, 0) is 37.8 Å². The van der Waals surface area contributed by atoms with Crippen LogP contribution in [0.3, 0.4) is 0 Å². The maximum atomic E-state index is 6.33. The SMILES string of the molecule is NCc1c(Cl)cccc1OCC1CCC2(CCCCC2)O1. The van der Waals surface area contributed by atoms with Crippen molar-refractivity contribution in [1.82, 2.24) is 0 Å². The van der Waals surface area contributed by atoms with Crippen LogP contribution in [0.1, 0.15) is 50.5 Å². The number of rotatable bonds is 4. The number of hydrogen-bond acceptors (Lipinski definition) is 3. The molecule has 3 rings (SSSR count). The molecule has 1 aromatic carbocycles. The minimum Gasteiger partial charge on any atom is -0.490 e. The Morgan fingerprint density at radius 2 is 2.05 bits per heavy atom. The second-order valence-corrected chi connectivity index (χ2v) is 6.66. The van der Waals surface area contributed by atoms with Gasteiger partial charge in [-0.1, -0.05) is 36.9 Å². The lowest BCUT2D eigenvalue weighted by atomic mass is 9.83. The van der Waals surface area contributed by atoms with Crippen LogP contribution in [0.5, 0.6) is 5.75 Å². The number of halogens is 1. The predicted molar refractivity (Wildman–Crippen MR) is 84.8 cm³/mol. The van der Waals surface area contributed by atoms with Gasteiger partial charge in [0.1, 0.15) is 12.4 Å². The Morgan fingerprint density at radius 3 is 2.81 bits per heavy atom. The van der Waals surface area contributed by atoms with Gasteiger partial charge in [-0.2, -0.15) is 0 Å². The van der Waals surface area contributed by atoms with Gasteiger partial charge in [-0.25, -0.2) is 0 Å². The van der Waals surface area contributed by atoms with Crippen LogP contribution >= 0.6 is 11.6 Å². The molecule has 1 saturated carbocycles. The number of ether oxygens (including phenoxy) is 2. The monoisotopic (exact) mass is 309 g/mol. The van der Waals surface area contributed by atoms with Crippen LogP contribution in [-0.2, 0) is 11.3 Å². The van der Waals surface area contributed by atoms with E-state index in [0.29, 0.717) is 18.2 Å². The zero-order chi connectivity index (χ0) is 14.7. The Balaban J connectivity index is 1.58. The van der Waals surface area contributed by atoms with E-state index in [2.05, 4.69) is 0 Å². The number of nitrogens with two attached hydrogens (primary N) is 1. The van der Waals surface area contributed by atoms with Gasteiger partial charge in [0.15, 0.2) is 0 Å². The maximum absolute atomic E-state index is 6.33. The van der Waals surface area contributed by atoms with Gasteiger partial charge >= 0.3 is 0 Å². The van der Waals surface area contributed by atoms with Crippen molar-refractivity contribution in [3.05, 3.63) is 28.8 Å². The third kappa shape index (κ3) is 3.36. The molecule has 1 heterocycles. The topological polar surface area (TPSA) is 44.5 Å². The molecule has 1 aliphatic heterocycles. The van der Waals surface area contributed by atoms with Crippen molar-refractivity contribution in [3.63, 3.8) is 0 Å². The Hall–Kier alpha value is -0.770. The molecule has 21 heavy (non-hydrogen) atoms. The first-order chi connectivity index (χ1) is 10.2. The fourth-order valence-electron chi connectivity index (χ4n) is 3.63. The number of benzene rings is 1. The van der Waals surface area contributed by atoms with Gasteiger partial charge in [0, 0.05) is 17.1 Å². The lowest BCUT2D eigenvalue weighted by Crippen LogP contribution is -2.33. The summed E-state index contributed by atoms with van der Waals surface area (Å²) in [6.07, 6.45) is 8.88. The zero-order valence-electron chi connectivity index (χ0n) is 12.4. The van der Waals surface area contributed by atoms with Gasteiger partial charge in [0.05, 0.1) is 11.7 Å². The van der Waals surface area contributed by atoms with Gasteiger partial charge < -0.3 is 15.2 Å². The van der Waals surface area contributed by atoms with Crippen molar-refractivity contribution < 1.29 is 9.47 Å². The highest BCUT2D eigenvalue weighted by Crippen LogP contribution is 2.42. The molecule has 116 valence electrons. The molecule has 1 saturated heterocycles. The average Bonchev–Trinajstić information content (AvgIpc) is 2.88. The minimum atomic E-state index is 0.150. The van der Waals surface area contributed by atoms with Gasteiger partial charge in [-0.3, -0.25) is 0 Å². The Bertz CT molecular complexity index is 486. The molecule has 0 bridgehead atoms. The quantitative estimate of drug-likeness (QED) is 0.912. The third-order valence-corrected chi connectivity index (χ3v) is 5.16. The van der Waals surface area contributed by atoms with E-state index in [4.69, 9.17) is 26.8 Å². The van der Waals surface area contributed by atoms with E-state index in [1.165, 1.54) is 38.5 Å². The van der Waals surface area contributed by atoms with E-state index in [-0.39, 0.29) is 11.7 Å². The van der Waals surface area contributed by atoms with Crippen molar-refractivity contribution in [2.24, 2.45) is 5.73 Å².